The molecule has 0 aromatic heterocycles. The van der Waals surface area contributed by atoms with Crippen LogP contribution in [0.25, 0.3) is 0 Å². The first-order valence-corrected chi connectivity index (χ1v) is 5.02. The molecule has 0 saturated heterocycles. The standard InChI is InChI=1S/C11H11N3O3/c12-7(10(13)16)5-14-8-4-2-1-3-6(8)9(15)11(14)17/h1-4,7H,5,12H2,(H2,13,16). The van der Waals surface area contributed by atoms with Crippen molar-refractivity contribution in [3.05, 3.63) is 29.8 Å². The Balaban J connectivity index is 2.33. The van der Waals surface area contributed by atoms with E-state index in [0.717, 1.165) is 0 Å². The quantitative estimate of drug-likeness (QED) is 0.655. The number of carbonyl (C=O) groups is 3. The Morgan fingerprint density at radius 2 is 1.94 bits per heavy atom. The molecule has 1 aliphatic heterocycles. The molecule has 6 nitrogen and oxygen atoms in total. The summed E-state index contributed by atoms with van der Waals surface area (Å²) in [4.78, 5) is 35.3. The van der Waals surface area contributed by atoms with Crippen LogP contribution in [0.5, 0.6) is 0 Å². The van der Waals surface area contributed by atoms with Crippen LogP contribution in [0.3, 0.4) is 0 Å². The first-order valence-electron chi connectivity index (χ1n) is 5.02. The molecule has 0 spiro atoms. The number of anilines is 1. The number of para-hydroxylation sites is 1. The first kappa shape index (κ1) is 11.3. The van der Waals surface area contributed by atoms with Crippen molar-refractivity contribution in [1.29, 1.82) is 0 Å². The summed E-state index contributed by atoms with van der Waals surface area (Å²) in [5.74, 6) is -1.98. The zero-order valence-electron chi connectivity index (χ0n) is 8.92. The minimum Gasteiger partial charge on any atom is -0.368 e. The van der Waals surface area contributed by atoms with E-state index in [9.17, 15) is 14.4 Å². The Bertz CT molecular complexity index is 512. The Morgan fingerprint density at radius 1 is 1.29 bits per heavy atom. The van der Waals surface area contributed by atoms with Crippen LogP contribution in [0.4, 0.5) is 5.69 Å². The molecule has 1 aromatic carbocycles. The highest BCUT2D eigenvalue weighted by Gasteiger charge is 2.36. The van der Waals surface area contributed by atoms with E-state index in [1.807, 2.05) is 0 Å². The van der Waals surface area contributed by atoms with Gasteiger partial charge in [0.25, 0.3) is 11.7 Å². The molecule has 1 atom stereocenters. The van der Waals surface area contributed by atoms with Crippen molar-refractivity contribution in [2.24, 2.45) is 11.5 Å². The van der Waals surface area contributed by atoms with Gasteiger partial charge in [0.1, 0.15) is 6.04 Å². The Hall–Kier alpha value is -2.21. The molecule has 1 heterocycles. The van der Waals surface area contributed by atoms with Gasteiger partial charge in [-0.1, -0.05) is 12.1 Å². The van der Waals surface area contributed by atoms with E-state index in [0.29, 0.717) is 11.3 Å². The average Bonchev–Trinajstić information content (AvgIpc) is 2.55. The molecule has 0 radical (unpaired) electrons. The third-order valence-electron chi connectivity index (χ3n) is 2.62. The van der Waals surface area contributed by atoms with Crippen molar-refractivity contribution in [2.45, 2.75) is 6.04 Å². The van der Waals surface area contributed by atoms with Crippen LogP contribution >= 0.6 is 0 Å². The third-order valence-corrected chi connectivity index (χ3v) is 2.62. The Morgan fingerprint density at radius 3 is 2.59 bits per heavy atom. The van der Waals surface area contributed by atoms with E-state index < -0.39 is 23.6 Å². The van der Waals surface area contributed by atoms with Gasteiger partial charge in [-0.05, 0) is 12.1 Å². The number of benzene rings is 1. The molecule has 1 aromatic rings. The zero-order chi connectivity index (χ0) is 12.6. The van der Waals surface area contributed by atoms with Gasteiger partial charge in [-0.3, -0.25) is 14.4 Å². The van der Waals surface area contributed by atoms with Gasteiger partial charge in [-0.25, -0.2) is 0 Å². The van der Waals surface area contributed by atoms with Crippen molar-refractivity contribution < 1.29 is 14.4 Å². The molecule has 0 aliphatic carbocycles. The number of nitrogens with zero attached hydrogens (tertiary/aromatic N) is 1. The number of fused-ring (bicyclic) bond motifs is 1. The number of rotatable bonds is 3. The second-order valence-corrected chi connectivity index (χ2v) is 3.77. The molecule has 0 fully saturated rings. The van der Waals surface area contributed by atoms with E-state index in [-0.39, 0.29) is 6.54 Å². The fourth-order valence-corrected chi connectivity index (χ4v) is 1.72. The molecule has 1 unspecified atom stereocenters. The van der Waals surface area contributed by atoms with E-state index in [4.69, 9.17) is 11.5 Å². The molecular weight excluding hydrogens is 222 g/mol. The summed E-state index contributed by atoms with van der Waals surface area (Å²) in [7, 11) is 0. The Kier molecular flexibility index (Phi) is 2.64. The van der Waals surface area contributed by atoms with Gasteiger partial charge in [0.2, 0.25) is 5.91 Å². The molecule has 2 amide bonds. The van der Waals surface area contributed by atoms with Crippen LogP contribution < -0.4 is 16.4 Å². The van der Waals surface area contributed by atoms with E-state index >= 15 is 0 Å². The minimum atomic E-state index is -0.988. The van der Waals surface area contributed by atoms with Crippen LogP contribution in [0, 0.1) is 0 Å². The van der Waals surface area contributed by atoms with Crippen molar-refractivity contribution >= 4 is 23.3 Å². The van der Waals surface area contributed by atoms with Crippen molar-refractivity contribution in [3.8, 4) is 0 Å². The van der Waals surface area contributed by atoms with Crippen LogP contribution in [-0.4, -0.2) is 30.2 Å². The van der Waals surface area contributed by atoms with E-state index in [2.05, 4.69) is 0 Å². The van der Waals surface area contributed by atoms with Crippen LogP contribution in [0.2, 0.25) is 0 Å². The maximum atomic E-state index is 11.7. The number of nitrogens with two attached hydrogens (primary N) is 2. The summed E-state index contributed by atoms with van der Waals surface area (Å²) in [5.41, 5.74) is 11.3. The molecule has 0 bridgehead atoms. The summed E-state index contributed by atoms with van der Waals surface area (Å²) in [5, 5.41) is 0. The zero-order valence-corrected chi connectivity index (χ0v) is 8.92. The summed E-state index contributed by atoms with van der Waals surface area (Å²) >= 11 is 0. The maximum Gasteiger partial charge on any atom is 0.299 e. The van der Waals surface area contributed by atoms with Gasteiger partial charge in [-0.2, -0.15) is 0 Å². The largest absolute Gasteiger partial charge is 0.368 e. The highest BCUT2D eigenvalue weighted by molar-refractivity contribution is 6.52. The van der Waals surface area contributed by atoms with Crippen LogP contribution in [0.15, 0.2) is 24.3 Å². The number of carbonyl (C=O) groups excluding carboxylic acids is 3. The molecule has 2 rings (SSSR count). The number of amides is 2. The molecular formula is C11H11N3O3. The summed E-state index contributed by atoms with van der Waals surface area (Å²) in [6.45, 7) is -0.0864. The second kappa shape index (κ2) is 3.99. The first-order chi connectivity index (χ1) is 8.02. The summed E-state index contributed by atoms with van der Waals surface area (Å²) in [6.07, 6.45) is 0. The lowest BCUT2D eigenvalue weighted by Crippen LogP contribution is -2.47. The van der Waals surface area contributed by atoms with Gasteiger partial charge < -0.3 is 16.4 Å². The lowest BCUT2D eigenvalue weighted by molar-refractivity contribution is -0.119. The number of Topliss-reactive ketones (excluding diaryl/α,β-unsaturated/α-hetero) is 1. The smallest absolute Gasteiger partial charge is 0.299 e. The molecule has 4 N–H and O–H groups in total. The minimum absolute atomic E-state index is 0.0864. The van der Waals surface area contributed by atoms with Gasteiger partial charge in [0, 0.05) is 0 Å². The topological polar surface area (TPSA) is 106 Å². The van der Waals surface area contributed by atoms with Crippen molar-refractivity contribution in [1.82, 2.24) is 0 Å². The highest BCUT2D eigenvalue weighted by atomic mass is 16.2. The van der Waals surface area contributed by atoms with Gasteiger partial charge in [0.05, 0.1) is 17.8 Å². The fraction of sp³-hybridized carbons (Fsp3) is 0.182. The Labute approximate surface area is 97.2 Å². The van der Waals surface area contributed by atoms with Crippen molar-refractivity contribution in [2.75, 3.05) is 11.4 Å². The fourth-order valence-electron chi connectivity index (χ4n) is 1.72. The summed E-state index contributed by atoms with van der Waals surface area (Å²) in [6, 6.07) is 5.57. The van der Waals surface area contributed by atoms with E-state index in [1.54, 1.807) is 24.3 Å². The predicted molar refractivity (Wildman–Crippen MR) is 60.3 cm³/mol. The molecule has 0 saturated carbocycles. The second-order valence-electron chi connectivity index (χ2n) is 3.77. The molecule has 88 valence electrons. The van der Waals surface area contributed by atoms with E-state index in [1.165, 1.54) is 4.90 Å². The average molecular weight is 233 g/mol. The number of ketones is 1. The number of hydrogen-bond acceptors (Lipinski definition) is 4. The molecule has 1 aliphatic rings. The monoisotopic (exact) mass is 233 g/mol. The predicted octanol–water partition coefficient (Wildman–Crippen LogP) is -0.971. The van der Waals surface area contributed by atoms with Crippen molar-refractivity contribution in [3.63, 3.8) is 0 Å². The molecule has 6 heteroatoms. The van der Waals surface area contributed by atoms with Gasteiger partial charge >= 0.3 is 0 Å². The lowest BCUT2D eigenvalue weighted by atomic mass is 10.1. The SMILES string of the molecule is NC(=O)C(N)CN1C(=O)C(=O)c2ccccc21. The van der Waals surface area contributed by atoms with Crippen LogP contribution in [-0.2, 0) is 9.59 Å². The number of primary amides is 1. The number of hydrogen-bond donors (Lipinski definition) is 2. The van der Waals surface area contributed by atoms with Gasteiger partial charge in [0.15, 0.2) is 0 Å². The summed E-state index contributed by atoms with van der Waals surface area (Å²) < 4.78 is 0. The van der Waals surface area contributed by atoms with Gasteiger partial charge in [-0.15, -0.1) is 0 Å². The van der Waals surface area contributed by atoms with Crippen LogP contribution in [0.1, 0.15) is 10.4 Å². The molecule has 17 heavy (non-hydrogen) atoms. The lowest BCUT2D eigenvalue weighted by Gasteiger charge is -2.18. The maximum absolute atomic E-state index is 11.7. The normalized spacial score (nSPS) is 15.9. The third kappa shape index (κ3) is 1.78. The highest BCUT2D eigenvalue weighted by Crippen LogP contribution is 2.28.